The molecule has 0 saturated heterocycles. The van der Waals surface area contributed by atoms with Gasteiger partial charge in [0, 0.05) is 17.3 Å². The lowest BCUT2D eigenvalue weighted by molar-refractivity contribution is 0.289. The van der Waals surface area contributed by atoms with Crippen LogP contribution in [0.1, 0.15) is 11.4 Å². The van der Waals surface area contributed by atoms with Crippen molar-refractivity contribution in [1.82, 2.24) is 14.8 Å². The number of rotatable bonds is 8. The van der Waals surface area contributed by atoms with Crippen LogP contribution in [0.2, 0.25) is 10.0 Å². The second-order valence-corrected chi connectivity index (χ2v) is 7.37. The van der Waals surface area contributed by atoms with Gasteiger partial charge in [0.05, 0.1) is 5.02 Å². The predicted octanol–water partition coefficient (Wildman–Crippen LogP) is 5.78. The molecule has 0 aliphatic rings. The van der Waals surface area contributed by atoms with Crippen LogP contribution in [0.3, 0.4) is 0 Å². The molecule has 0 fully saturated rings. The van der Waals surface area contributed by atoms with Crippen LogP contribution in [0.4, 0.5) is 4.39 Å². The molecule has 27 heavy (non-hydrogen) atoms. The van der Waals surface area contributed by atoms with Crippen molar-refractivity contribution in [2.75, 3.05) is 0 Å². The van der Waals surface area contributed by atoms with Gasteiger partial charge in [-0.15, -0.1) is 16.8 Å². The quantitative estimate of drug-likeness (QED) is 0.340. The largest absolute Gasteiger partial charge is 0.484 e. The highest BCUT2D eigenvalue weighted by atomic mass is 35.5. The molecule has 140 valence electrons. The monoisotopic (exact) mass is 423 g/mol. The van der Waals surface area contributed by atoms with E-state index in [0.717, 1.165) is 10.7 Å². The second-order valence-electron chi connectivity index (χ2n) is 5.58. The van der Waals surface area contributed by atoms with Crippen molar-refractivity contribution in [3.8, 4) is 5.75 Å². The van der Waals surface area contributed by atoms with Crippen molar-refractivity contribution >= 4 is 35.0 Å². The summed E-state index contributed by atoms with van der Waals surface area (Å²) in [6, 6.07) is 11.7. The first kappa shape index (κ1) is 19.7. The fraction of sp³-hybridized carbons (Fsp3) is 0.158. The van der Waals surface area contributed by atoms with Gasteiger partial charge in [0.2, 0.25) is 0 Å². The molecule has 0 atom stereocenters. The average Bonchev–Trinajstić information content (AvgIpc) is 3.01. The zero-order valence-corrected chi connectivity index (χ0v) is 16.6. The third-order valence-corrected chi connectivity index (χ3v) is 5.18. The minimum absolute atomic E-state index is 0.157. The Balaban J connectivity index is 1.71. The maximum absolute atomic E-state index is 13.1. The SMILES string of the molecule is C=CCn1c(COc2ccc(F)cc2Cl)nnc1SCc1cccc(Cl)c1. The van der Waals surface area contributed by atoms with Crippen LogP contribution in [0.15, 0.2) is 60.3 Å². The van der Waals surface area contributed by atoms with Crippen molar-refractivity contribution in [3.63, 3.8) is 0 Å². The van der Waals surface area contributed by atoms with Crippen molar-refractivity contribution in [3.05, 3.63) is 82.4 Å². The van der Waals surface area contributed by atoms with E-state index in [1.165, 1.54) is 18.2 Å². The molecule has 0 aliphatic carbocycles. The third-order valence-electron chi connectivity index (χ3n) is 3.61. The lowest BCUT2D eigenvalue weighted by Gasteiger charge is -2.10. The molecule has 4 nitrogen and oxygen atoms in total. The van der Waals surface area contributed by atoms with Gasteiger partial charge < -0.3 is 4.74 Å². The van der Waals surface area contributed by atoms with Gasteiger partial charge in [-0.2, -0.15) is 0 Å². The van der Waals surface area contributed by atoms with Crippen molar-refractivity contribution in [2.45, 2.75) is 24.1 Å². The molecule has 0 aliphatic heterocycles. The van der Waals surface area contributed by atoms with E-state index in [1.54, 1.807) is 17.8 Å². The van der Waals surface area contributed by atoms with E-state index in [2.05, 4.69) is 16.8 Å². The molecular formula is C19H16Cl2FN3OS. The second kappa shape index (κ2) is 9.26. The number of hydrogen-bond donors (Lipinski definition) is 0. The minimum Gasteiger partial charge on any atom is -0.484 e. The summed E-state index contributed by atoms with van der Waals surface area (Å²) >= 11 is 13.6. The molecule has 0 radical (unpaired) electrons. The molecule has 0 saturated carbocycles. The number of thioether (sulfide) groups is 1. The van der Waals surface area contributed by atoms with Crippen LogP contribution >= 0.6 is 35.0 Å². The van der Waals surface area contributed by atoms with E-state index >= 15 is 0 Å². The fourth-order valence-electron chi connectivity index (χ4n) is 2.35. The maximum Gasteiger partial charge on any atom is 0.191 e. The number of aromatic nitrogens is 3. The van der Waals surface area contributed by atoms with Gasteiger partial charge in [0.15, 0.2) is 11.0 Å². The summed E-state index contributed by atoms with van der Waals surface area (Å²) in [7, 11) is 0. The number of nitrogens with zero attached hydrogens (tertiary/aromatic N) is 3. The Labute approximate surface area is 171 Å². The summed E-state index contributed by atoms with van der Waals surface area (Å²) in [4.78, 5) is 0. The Morgan fingerprint density at radius 1 is 1.19 bits per heavy atom. The molecule has 0 bridgehead atoms. The highest BCUT2D eigenvalue weighted by Gasteiger charge is 2.13. The standard InChI is InChI=1S/C19H16Cl2FN3OS/c1-2-8-25-18(11-26-17-7-6-15(22)10-16(17)21)23-24-19(25)27-12-13-4-3-5-14(20)9-13/h2-7,9-10H,1,8,11-12H2. The zero-order valence-electron chi connectivity index (χ0n) is 14.2. The van der Waals surface area contributed by atoms with Gasteiger partial charge in [-0.3, -0.25) is 4.57 Å². The Kier molecular flexibility index (Phi) is 6.77. The average molecular weight is 424 g/mol. The minimum atomic E-state index is -0.415. The first-order valence-corrected chi connectivity index (χ1v) is 9.79. The third kappa shape index (κ3) is 5.25. The summed E-state index contributed by atoms with van der Waals surface area (Å²) in [5, 5.41) is 10.1. The molecular weight excluding hydrogens is 408 g/mol. The summed E-state index contributed by atoms with van der Waals surface area (Å²) < 4.78 is 20.7. The summed E-state index contributed by atoms with van der Waals surface area (Å²) in [5.41, 5.74) is 1.09. The molecule has 8 heteroatoms. The summed E-state index contributed by atoms with van der Waals surface area (Å²) in [5.74, 6) is 1.31. The number of allylic oxidation sites excluding steroid dienone is 1. The maximum atomic E-state index is 13.1. The highest BCUT2D eigenvalue weighted by molar-refractivity contribution is 7.98. The van der Waals surface area contributed by atoms with Crippen LogP contribution in [-0.2, 0) is 18.9 Å². The van der Waals surface area contributed by atoms with Gasteiger partial charge in [-0.25, -0.2) is 4.39 Å². The van der Waals surface area contributed by atoms with Crippen molar-refractivity contribution < 1.29 is 9.13 Å². The summed E-state index contributed by atoms with van der Waals surface area (Å²) in [6.07, 6.45) is 1.77. The normalized spacial score (nSPS) is 10.8. The molecule has 3 aromatic rings. The zero-order chi connectivity index (χ0) is 19.2. The Bertz CT molecular complexity index is 948. The molecule has 1 aromatic heterocycles. The van der Waals surface area contributed by atoms with Crippen LogP contribution in [0, 0.1) is 5.82 Å². The molecule has 1 heterocycles. The molecule has 0 amide bonds. The Hall–Kier alpha value is -2.02. The van der Waals surface area contributed by atoms with E-state index in [9.17, 15) is 4.39 Å². The van der Waals surface area contributed by atoms with Crippen LogP contribution in [0.5, 0.6) is 5.75 Å². The molecule has 0 unspecified atom stereocenters. The first-order valence-electron chi connectivity index (χ1n) is 8.05. The molecule has 3 rings (SSSR count). The van der Waals surface area contributed by atoms with Crippen LogP contribution in [0.25, 0.3) is 0 Å². The molecule has 0 N–H and O–H groups in total. The fourth-order valence-corrected chi connectivity index (χ4v) is 3.70. The molecule has 0 spiro atoms. The van der Waals surface area contributed by atoms with E-state index in [4.69, 9.17) is 27.9 Å². The number of benzene rings is 2. The number of halogens is 3. The van der Waals surface area contributed by atoms with E-state index in [1.807, 2.05) is 28.8 Å². The van der Waals surface area contributed by atoms with Gasteiger partial charge in [-0.1, -0.05) is 53.2 Å². The Morgan fingerprint density at radius 3 is 2.78 bits per heavy atom. The summed E-state index contributed by atoms with van der Waals surface area (Å²) in [6.45, 7) is 4.48. The van der Waals surface area contributed by atoms with Crippen molar-refractivity contribution in [2.24, 2.45) is 0 Å². The van der Waals surface area contributed by atoms with Gasteiger partial charge in [0.1, 0.15) is 18.2 Å². The smallest absolute Gasteiger partial charge is 0.191 e. The van der Waals surface area contributed by atoms with Gasteiger partial charge >= 0.3 is 0 Å². The van der Waals surface area contributed by atoms with E-state index in [0.29, 0.717) is 28.9 Å². The number of hydrogen-bond acceptors (Lipinski definition) is 4. The number of ether oxygens (including phenoxy) is 1. The van der Waals surface area contributed by atoms with Gasteiger partial charge in [0.25, 0.3) is 0 Å². The van der Waals surface area contributed by atoms with Crippen LogP contribution < -0.4 is 4.74 Å². The lowest BCUT2D eigenvalue weighted by Crippen LogP contribution is -2.07. The first-order chi connectivity index (χ1) is 13.1. The van der Waals surface area contributed by atoms with E-state index < -0.39 is 5.82 Å². The highest BCUT2D eigenvalue weighted by Crippen LogP contribution is 2.27. The van der Waals surface area contributed by atoms with Gasteiger partial charge in [-0.05, 0) is 35.9 Å². The van der Waals surface area contributed by atoms with Crippen molar-refractivity contribution in [1.29, 1.82) is 0 Å². The topological polar surface area (TPSA) is 39.9 Å². The Morgan fingerprint density at radius 2 is 2.04 bits per heavy atom. The lowest BCUT2D eigenvalue weighted by atomic mass is 10.2. The molecule has 2 aromatic carbocycles. The van der Waals surface area contributed by atoms with Crippen LogP contribution in [-0.4, -0.2) is 14.8 Å². The van der Waals surface area contributed by atoms with E-state index in [-0.39, 0.29) is 11.6 Å². The predicted molar refractivity (Wildman–Crippen MR) is 107 cm³/mol.